The van der Waals surface area contributed by atoms with Gasteiger partial charge in [-0.2, -0.15) is 5.10 Å². The van der Waals surface area contributed by atoms with E-state index in [1.807, 2.05) is 13.8 Å². The third-order valence-electron chi connectivity index (χ3n) is 3.07. The summed E-state index contributed by atoms with van der Waals surface area (Å²) in [6, 6.07) is 0. The Kier molecular flexibility index (Phi) is 6.25. The largest absolute Gasteiger partial charge is 0.476 e. The smallest absolute Gasteiger partial charge is 0.244 e. The Balaban J connectivity index is 3.00. The molecule has 0 radical (unpaired) electrons. The molecule has 0 aliphatic carbocycles. The first kappa shape index (κ1) is 15.4. The van der Waals surface area contributed by atoms with E-state index < -0.39 is 0 Å². The zero-order chi connectivity index (χ0) is 14.3. The van der Waals surface area contributed by atoms with Gasteiger partial charge in [0.2, 0.25) is 5.88 Å². The Morgan fingerprint density at radius 2 is 1.89 bits per heavy atom. The van der Waals surface area contributed by atoms with Gasteiger partial charge in [0.15, 0.2) is 0 Å². The topological polar surface area (TPSA) is 84.9 Å². The Bertz CT molecular complexity index is 432. The van der Waals surface area contributed by atoms with Crippen LogP contribution in [0.1, 0.15) is 56.9 Å². The number of hydrogen-bond donors (Lipinski definition) is 2. The molecule has 106 valence electrons. The van der Waals surface area contributed by atoms with Gasteiger partial charge in [-0.1, -0.05) is 33.6 Å². The average Bonchev–Trinajstić information content (AvgIpc) is 2.42. The van der Waals surface area contributed by atoms with Crippen LogP contribution in [0.25, 0.3) is 0 Å². The number of rotatable bonds is 8. The van der Waals surface area contributed by atoms with Crippen LogP contribution in [0.15, 0.2) is 0 Å². The molecule has 0 unspecified atom stereocenters. The maximum absolute atomic E-state index is 7.74. The van der Waals surface area contributed by atoms with E-state index in [9.17, 15) is 0 Å². The summed E-state index contributed by atoms with van der Waals surface area (Å²) in [5, 5.41) is 16.0. The molecule has 5 nitrogen and oxygen atoms in total. The number of hydrogen-bond acceptors (Lipinski definition) is 4. The average molecular weight is 264 g/mol. The van der Waals surface area contributed by atoms with E-state index in [0.29, 0.717) is 18.1 Å². The fraction of sp³-hybridized carbons (Fsp3) is 0.643. The molecule has 0 aromatic carbocycles. The van der Waals surface area contributed by atoms with Crippen LogP contribution in [0.5, 0.6) is 5.88 Å². The maximum atomic E-state index is 7.74. The van der Waals surface area contributed by atoms with Crippen LogP contribution < -0.4 is 10.5 Å². The van der Waals surface area contributed by atoms with E-state index in [0.717, 1.165) is 43.4 Å². The third kappa shape index (κ3) is 3.91. The second-order valence-corrected chi connectivity index (χ2v) is 4.48. The lowest BCUT2D eigenvalue weighted by Gasteiger charge is -2.14. The molecule has 0 amide bonds. The Labute approximate surface area is 115 Å². The van der Waals surface area contributed by atoms with Gasteiger partial charge < -0.3 is 10.5 Å². The van der Waals surface area contributed by atoms with E-state index in [1.165, 1.54) is 0 Å². The van der Waals surface area contributed by atoms with Gasteiger partial charge in [-0.3, -0.25) is 5.41 Å². The molecule has 0 fully saturated rings. The molecular weight excluding hydrogens is 240 g/mol. The van der Waals surface area contributed by atoms with Crippen molar-refractivity contribution in [1.82, 2.24) is 10.2 Å². The number of nitrogens with zero attached hydrogens (tertiary/aromatic N) is 2. The predicted octanol–water partition coefficient (Wildman–Crippen LogP) is 2.45. The van der Waals surface area contributed by atoms with Gasteiger partial charge in [0.25, 0.3) is 0 Å². The second-order valence-electron chi connectivity index (χ2n) is 4.48. The number of aryl methyl sites for hydroxylation is 1. The lowest BCUT2D eigenvalue weighted by molar-refractivity contribution is 0.290. The lowest BCUT2D eigenvalue weighted by Crippen LogP contribution is -2.19. The van der Waals surface area contributed by atoms with Gasteiger partial charge in [0.05, 0.1) is 17.9 Å². The summed E-state index contributed by atoms with van der Waals surface area (Å²) < 4.78 is 5.65. The SMILES string of the molecule is CCCCCOc1nnc(CC)c(CC)c1C(=N)N. The van der Waals surface area contributed by atoms with Gasteiger partial charge in [0.1, 0.15) is 5.84 Å². The summed E-state index contributed by atoms with van der Waals surface area (Å²) in [5.41, 5.74) is 8.18. The van der Waals surface area contributed by atoms with Crippen LogP contribution in [0, 0.1) is 5.41 Å². The Morgan fingerprint density at radius 1 is 1.16 bits per heavy atom. The van der Waals surface area contributed by atoms with Gasteiger partial charge in [-0.15, -0.1) is 5.10 Å². The highest BCUT2D eigenvalue weighted by Gasteiger charge is 2.17. The first-order chi connectivity index (χ1) is 9.15. The van der Waals surface area contributed by atoms with Crippen LogP contribution in [0.2, 0.25) is 0 Å². The monoisotopic (exact) mass is 264 g/mol. The molecule has 1 aromatic rings. The minimum Gasteiger partial charge on any atom is -0.476 e. The minimum absolute atomic E-state index is 0.00643. The summed E-state index contributed by atoms with van der Waals surface area (Å²) in [6.07, 6.45) is 4.80. The van der Waals surface area contributed by atoms with Crippen molar-refractivity contribution in [2.45, 2.75) is 52.9 Å². The highest BCUT2D eigenvalue weighted by molar-refractivity contribution is 5.98. The molecule has 0 saturated carbocycles. The molecule has 19 heavy (non-hydrogen) atoms. The first-order valence-electron chi connectivity index (χ1n) is 7.01. The standard InChI is InChI=1S/C14H24N4O/c1-4-7-8-9-19-14-12(13(15)16)10(5-2)11(6-3)17-18-14/h4-9H2,1-3H3,(H3,15,16). The highest BCUT2D eigenvalue weighted by Crippen LogP contribution is 2.22. The van der Waals surface area contributed by atoms with Crippen LogP contribution in [-0.2, 0) is 12.8 Å². The molecule has 0 saturated heterocycles. The van der Waals surface area contributed by atoms with Crippen molar-refractivity contribution in [2.24, 2.45) is 5.73 Å². The fourth-order valence-corrected chi connectivity index (χ4v) is 2.05. The first-order valence-corrected chi connectivity index (χ1v) is 7.01. The Morgan fingerprint density at radius 3 is 2.42 bits per heavy atom. The molecule has 5 heteroatoms. The van der Waals surface area contributed by atoms with Crippen LogP contribution in [-0.4, -0.2) is 22.6 Å². The number of aromatic nitrogens is 2. The predicted molar refractivity (Wildman–Crippen MR) is 76.8 cm³/mol. The molecule has 0 spiro atoms. The number of nitrogens with one attached hydrogen (secondary N) is 1. The van der Waals surface area contributed by atoms with E-state index in [1.54, 1.807) is 0 Å². The minimum atomic E-state index is 0.00643. The van der Waals surface area contributed by atoms with Crippen molar-refractivity contribution in [3.05, 3.63) is 16.8 Å². The van der Waals surface area contributed by atoms with Gasteiger partial charge >= 0.3 is 0 Å². The number of nitrogen functional groups attached to an aromatic ring is 1. The molecule has 3 N–H and O–H groups in total. The summed E-state index contributed by atoms with van der Waals surface area (Å²) in [4.78, 5) is 0. The van der Waals surface area contributed by atoms with E-state index in [-0.39, 0.29) is 5.84 Å². The molecule has 0 atom stereocenters. The summed E-state index contributed by atoms with van der Waals surface area (Å²) in [5.74, 6) is 0.407. The molecule has 0 bridgehead atoms. The summed E-state index contributed by atoms with van der Waals surface area (Å²) in [7, 11) is 0. The summed E-state index contributed by atoms with van der Waals surface area (Å²) in [6.45, 7) is 6.79. The zero-order valence-electron chi connectivity index (χ0n) is 12.1. The molecule has 0 aliphatic rings. The number of amidine groups is 1. The zero-order valence-corrected chi connectivity index (χ0v) is 12.1. The molecule has 1 rings (SSSR count). The van der Waals surface area contributed by atoms with Gasteiger partial charge in [0, 0.05) is 0 Å². The lowest BCUT2D eigenvalue weighted by atomic mass is 10.0. The molecule has 1 aromatic heterocycles. The number of ether oxygens (including phenoxy) is 1. The van der Waals surface area contributed by atoms with Crippen molar-refractivity contribution in [1.29, 1.82) is 5.41 Å². The fourth-order valence-electron chi connectivity index (χ4n) is 2.05. The van der Waals surface area contributed by atoms with E-state index in [4.69, 9.17) is 15.9 Å². The van der Waals surface area contributed by atoms with Crippen molar-refractivity contribution < 1.29 is 4.74 Å². The van der Waals surface area contributed by atoms with Crippen molar-refractivity contribution in [3.63, 3.8) is 0 Å². The molecular formula is C14H24N4O. The van der Waals surface area contributed by atoms with Crippen LogP contribution >= 0.6 is 0 Å². The normalized spacial score (nSPS) is 10.5. The third-order valence-corrected chi connectivity index (χ3v) is 3.07. The second kappa shape index (κ2) is 7.71. The molecule has 0 aliphatic heterocycles. The Hall–Kier alpha value is -1.65. The van der Waals surface area contributed by atoms with Crippen molar-refractivity contribution in [3.8, 4) is 5.88 Å². The maximum Gasteiger partial charge on any atom is 0.244 e. The molecule has 1 heterocycles. The van der Waals surface area contributed by atoms with Crippen molar-refractivity contribution in [2.75, 3.05) is 6.61 Å². The van der Waals surface area contributed by atoms with Gasteiger partial charge in [-0.05, 0) is 24.8 Å². The van der Waals surface area contributed by atoms with E-state index in [2.05, 4.69) is 17.1 Å². The summed E-state index contributed by atoms with van der Waals surface area (Å²) >= 11 is 0. The van der Waals surface area contributed by atoms with Crippen molar-refractivity contribution >= 4 is 5.84 Å². The van der Waals surface area contributed by atoms with E-state index >= 15 is 0 Å². The van der Waals surface area contributed by atoms with Crippen LogP contribution in [0.3, 0.4) is 0 Å². The van der Waals surface area contributed by atoms with Crippen LogP contribution in [0.4, 0.5) is 0 Å². The number of nitrogens with two attached hydrogens (primary N) is 1. The van der Waals surface area contributed by atoms with Gasteiger partial charge in [-0.25, -0.2) is 0 Å². The number of unbranched alkanes of at least 4 members (excludes halogenated alkanes) is 2. The highest BCUT2D eigenvalue weighted by atomic mass is 16.5. The quantitative estimate of drug-likeness (QED) is 0.429.